The molecule has 2 aliphatic rings. The van der Waals surface area contributed by atoms with Crippen molar-refractivity contribution in [3.63, 3.8) is 0 Å². The second-order valence-electron chi connectivity index (χ2n) is 5.15. The molecule has 0 bridgehead atoms. The predicted octanol–water partition coefficient (Wildman–Crippen LogP) is -0.882. The number of nitrogens with zero attached hydrogens (tertiary/aromatic N) is 4. The van der Waals surface area contributed by atoms with E-state index in [-0.39, 0.29) is 10.7 Å². The molecule has 0 aliphatic carbocycles. The van der Waals surface area contributed by atoms with Crippen LogP contribution in [0.1, 0.15) is 0 Å². The summed E-state index contributed by atoms with van der Waals surface area (Å²) in [6.45, 7) is 2.52. The maximum absolute atomic E-state index is 11.4. The van der Waals surface area contributed by atoms with Gasteiger partial charge in [-0.05, 0) is 18.2 Å². The van der Waals surface area contributed by atoms with E-state index in [0.717, 1.165) is 0 Å². The van der Waals surface area contributed by atoms with E-state index in [9.17, 15) is 8.42 Å². The van der Waals surface area contributed by atoms with Gasteiger partial charge < -0.3 is 15.4 Å². The fourth-order valence-electron chi connectivity index (χ4n) is 2.27. The van der Waals surface area contributed by atoms with Crippen LogP contribution in [-0.4, -0.2) is 57.0 Å². The highest BCUT2D eigenvalue weighted by molar-refractivity contribution is 7.89. The van der Waals surface area contributed by atoms with Crippen LogP contribution in [0, 0.1) is 0 Å². The third kappa shape index (κ3) is 3.53. The number of rotatable bonds is 3. The Balaban J connectivity index is 1.80. The first-order chi connectivity index (χ1) is 11.4. The van der Waals surface area contributed by atoms with Gasteiger partial charge in [-0.1, -0.05) is 6.07 Å². The molecule has 0 amide bonds. The molecule has 2 heterocycles. The topological polar surface area (TPSA) is 148 Å². The Hall–Kier alpha value is -2.50. The molecule has 0 saturated carbocycles. The Morgan fingerprint density at radius 1 is 1.25 bits per heavy atom. The van der Waals surface area contributed by atoms with Crippen LogP contribution in [0.3, 0.4) is 0 Å². The molecule has 1 fully saturated rings. The summed E-state index contributed by atoms with van der Waals surface area (Å²) in [6.07, 6.45) is 0. The first kappa shape index (κ1) is 16.4. The van der Waals surface area contributed by atoms with Crippen molar-refractivity contribution in [2.24, 2.45) is 26.2 Å². The quantitative estimate of drug-likeness (QED) is 0.602. The second kappa shape index (κ2) is 6.55. The van der Waals surface area contributed by atoms with Gasteiger partial charge in [0.15, 0.2) is 17.4 Å². The third-order valence-electron chi connectivity index (χ3n) is 3.48. The van der Waals surface area contributed by atoms with Crippen LogP contribution in [0.15, 0.2) is 44.5 Å². The number of ether oxygens (including phenoxy) is 1. The average Bonchev–Trinajstić information content (AvgIpc) is 2.94. The van der Waals surface area contributed by atoms with E-state index in [1.807, 2.05) is 4.90 Å². The van der Waals surface area contributed by atoms with Crippen molar-refractivity contribution in [3.05, 3.63) is 24.3 Å². The van der Waals surface area contributed by atoms with Gasteiger partial charge in [0, 0.05) is 13.1 Å². The zero-order valence-corrected chi connectivity index (χ0v) is 13.5. The molecule has 3 rings (SSSR count). The van der Waals surface area contributed by atoms with Crippen LogP contribution in [0.5, 0.6) is 0 Å². The van der Waals surface area contributed by atoms with E-state index in [0.29, 0.717) is 43.5 Å². The highest BCUT2D eigenvalue weighted by Gasteiger charge is 2.26. The molecule has 0 radical (unpaired) electrons. The van der Waals surface area contributed by atoms with Gasteiger partial charge in [-0.2, -0.15) is 5.10 Å². The summed E-state index contributed by atoms with van der Waals surface area (Å²) < 4.78 is 28.1. The van der Waals surface area contributed by atoms with Crippen LogP contribution >= 0.6 is 0 Å². The van der Waals surface area contributed by atoms with Crippen molar-refractivity contribution < 1.29 is 13.2 Å². The lowest BCUT2D eigenvalue weighted by molar-refractivity contribution is 0.0689. The van der Waals surface area contributed by atoms with Crippen molar-refractivity contribution in [1.82, 2.24) is 4.90 Å². The van der Waals surface area contributed by atoms with Gasteiger partial charge in [-0.15, -0.1) is 10.2 Å². The minimum atomic E-state index is -3.78. The highest BCUT2D eigenvalue weighted by Crippen LogP contribution is 2.14. The molecule has 1 saturated heterocycles. The molecule has 5 N–H and O–H groups in total. The number of anilines is 1. The molecule has 1 aromatic rings. The third-order valence-corrected chi connectivity index (χ3v) is 4.39. The van der Waals surface area contributed by atoms with Gasteiger partial charge in [0.2, 0.25) is 10.0 Å². The summed E-state index contributed by atoms with van der Waals surface area (Å²) in [6, 6.07) is 6.00. The van der Waals surface area contributed by atoms with Crippen molar-refractivity contribution in [1.29, 1.82) is 0 Å². The molecule has 24 heavy (non-hydrogen) atoms. The predicted molar refractivity (Wildman–Crippen MR) is 90.3 cm³/mol. The van der Waals surface area contributed by atoms with Crippen LogP contribution in [-0.2, 0) is 14.8 Å². The summed E-state index contributed by atoms with van der Waals surface area (Å²) in [5.41, 5.74) is 9.45. The van der Waals surface area contributed by atoms with Crippen molar-refractivity contribution in [2.45, 2.75) is 4.90 Å². The zero-order valence-electron chi connectivity index (χ0n) is 12.7. The van der Waals surface area contributed by atoms with Crippen molar-refractivity contribution >= 4 is 33.1 Å². The molecule has 0 spiro atoms. The van der Waals surface area contributed by atoms with Crippen LogP contribution < -0.4 is 16.3 Å². The Kier molecular flexibility index (Phi) is 4.46. The normalized spacial score (nSPS) is 20.0. The van der Waals surface area contributed by atoms with Crippen LogP contribution in [0.25, 0.3) is 0 Å². The van der Waals surface area contributed by atoms with Gasteiger partial charge in [0.25, 0.3) is 0 Å². The smallest absolute Gasteiger partial charge is 0.238 e. The lowest BCUT2D eigenvalue weighted by atomic mass is 10.2. The average molecular weight is 351 g/mol. The molecule has 10 nitrogen and oxygen atoms in total. The van der Waals surface area contributed by atoms with Gasteiger partial charge in [0.05, 0.1) is 23.8 Å². The molecule has 2 aliphatic heterocycles. The number of nitrogens with two attached hydrogens (primary N) is 2. The Morgan fingerprint density at radius 2 is 2.00 bits per heavy atom. The summed E-state index contributed by atoms with van der Waals surface area (Å²) in [4.78, 5) is 1.97. The molecule has 0 unspecified atom stereocenters. The fourth-order valence-corrected chi connectivity index (χ4v) is 2.83. The summed E-state index contributed by atoms with van der Waals surface area (Å²) >= 11 is 0. The first-order valence-electron chi connectivity index (χ1n) is 7.16. The number of benzene rings is 1. The van der Waals surface area contributed by atoms with Gasteiger partial charge in [0.1, 0.15) is 0 Å². The largest absolute Gasteiger partial charge is 0.380 e. The molecule has 11 heteroatoms. The van der Waals surface area contributed by atoms with E-state index >= 15 is 0 Å². The Bertz CT molecular complexity index is 826. The number of primary sulfonamides is 1. The molecule has 0 atom stereocenters. The highest BCUT2D eigenvalue weighted by atomic mass is 32.2. The molecular formula is C13H17N7O3S. The SMILES string of the molecule is NC1=NN=C(N2CCOCC2)/C1=N\Nc1cccc(S(N)(=O)=O)c1. The molecule has 0 aromatic heterocycles. The van der Waals surface area contributed by atoms with E-state index in [2.05, 4.69) is 20.7 Å². The van der Waals surface area contributed by atoms with Crippen molar-refractivity contribution in [2.75, 3.05) is 31.7 Å². The Morgan fingerprint density at radius 3 is 2.71 bits per heavy atom. The standard InChI is InChI=1S/C13H17N7O3S/c14-12-11(13(19-18-12)20-4-6-23-7-5-20)17-16-9-2-1-3-10(8-9)24(15,21)22/h1-3,8,16H,4-7H2,(H2,14,17,18)(H2,15,21,22). The van der Waals surface area contributed by atoms with E-state index in [1.54, 1.807) is 12.1 Å². The maximum atomic E-state index is 11.4. The second-order valence-corrected chi connectivity index (χ2v) is 6.71. The van der Waals surface area contributed by atoms with E-state index in [4.69, 9.17) is 15.6 Å². The zero-order chi connectivity index (χ0) is 17.2. The van der Waals surface area contributed by atoms with Gasteiger partial charge in [-0.25, -0.2) is 13.6 Å². The van der Waals surface area contributed by atoms with Crippen LogP contribution in [0.4, 0.5) is 5.69 Å². The number of hydrazone groups is 1. The Labute approximate surface area is 138 Å². The minimum absolute atomic E-state index is 0.0113. The number of amidine groups is 2. The van der Waals surface area contributed by atoms with Gasteiger partial charge in [-0.3, -0.25) is 5.43 Å². The summed E-state index contributed by atoms with van der Waals surface area (Å²) in [5, 5.41) is 17.2. The number of morpholine rings is 1. The maximum Gasteiger partial charge on any atom is 0.238 e. The van der Waals surface area contributed by atoms with E-state index < -0.39 is 10.0 Å². The molecular weight excluding hydrogens is 334 g/mol. The number of nitrogens with one attached hydrogen (secondary N) is 1. The number of hydrogen-bond donors (Lipinski definition) is 3. The van der Waals surface area contributed by atoms with Crippen molar-refractivity contribution in [3.8, 4) is 0 Å². The lowest BCUT2D eigenvalue weighted by Gasteiger charge is -2.28. The van der Waals surface area contributed by atoms with Gasteiger partial charge >= 0.3 is 0 Å². The molecule has 1 aromatic carbocycles. The molecule has 128 valence electrons. The minimum Gasteiger partial charge on any atom is -0.380 e. The van der Waals surface area contributed by atoms with E-state index in [1.165, 1.54) is 12.1 Å². The fraction of sp³-hybridized carbons (Fsp3) is 0.308. The number of hydrogen-bond acceptors (Lipinski definition) is 9. The summed E-state index contributed by atoms with van der Waals surface area (Å²) in [5.74, 6) is 0.748. The van der Waals surface area contributed by atoms with Crippen LogP contribution in [0.2, 0.25) is 0 Å². The first-order valence-corrected chi connectivity index (χ1v) is 8.71. The monoisotopic (exact) mass is 351 g/mol. The number of sulfonamides is 1. The lowest BCUT2D eigenvalue weighted by Crippen LogP contribution is -2.46. The summed E-state index contributed by atoms with van der Waals surface area (Å²) in [7, 11) is -3.78.